The summed E-state index contributed by atoms with van der Waals surface area (Å²) in [7, 11) is 0. The molecule has 1 rings (SSSR count). The SMILES string of the molecule is C[C@@H](N)c1cc(F)ccc1N(CCO)CC(F)(F)F. The van der Waals surface area contributed by atoms with E-state index in [4.69, 9.17) is 10.8 Å². The Morgan fingerprint density at radius 3 is 2.47 bits per heavy atom. The fourth-order valence-electron chi connectivity index (χ4n) is 1.80. The molecule has 0 unspecified atom stereocenters. The van der Waals surface area contributed by atoms with Crippen molar-refractivity contribution in [2.45, 2.75) is 19.1 Å². The fraction of sp³-hybridized carbons (Fsp3) is 0.500. The molecule has 0 aliphatic heterocycles. The molecule has 0 heterocycles. The molecule has 0 bridgehead atoms. The maximum absolute atomic E-state index is 13.1. The molecule has 3 N–H and O–H groups in total. The summed E-state index contributed by atoms with van der Waals surface area (Å²) in [5.74, 6) is -0.563. The van der Waals surface area contributed by atoms with Crippen molar-refractivity contribution < 1.29 is 22.7 Å². The number of nitrogens with two attached hydrogens (primary N) is 1. The molecule has 0 aliphatic rings. The largest absolute Gasteiger partial charge is 0.405 e. The molecular formula is C12H16F4N2O. The summed E-state index contributed by atoms with van der Waals surface area (Å²) in [6.45, 7) is -0.307. The summed E-state index contributed by atoms with van der Waals surface area (Å²) in [5, 5.41) is 8.86. The first-order valence-electron chi connectivity index (χ1n) is 5.72. The van der Waals surface area contributed by atoms with Gasteiger partial charge in [0, 0.05) is 18.3 Å². The minimum Gasteiger partial charge on any atom is -0.395 e. The molecule has 1 atom stereocenters. The monoisotopic (exact) mass is 280 g/mol. The van der Waals surface area contributed by atoms with Crippen molar-refractivity contribution in [1.82, 2.24) is 0 Å². The Labute approximate surface area is 108 Å². The van der Waals surface area contributed by atoms with Gasteiger partial charge in [0.25, 0.3) is 0 Å². The Kier molecular flexibility index (Phi) is 5.13. The van der Waals surface area contributed by atoms with Gasteiger partial charge in [-0.25, -0.2) is 4.39 Å². The van der Waals surface area contributed by atoms with Crippen LogP contribution in [0.3, 0.4) is 0 Å². The number of alkyl halides is 3. The van der Waals surface area contributed by atoms with Gasteiger partial charge in [-0.15, -0.1) is 0 Å². The molecule has 108 valence electrons. The van der Waals surface area contributed by atoms with E-state index in [1.54, 1.807) is 6.92 Å². The average Bonchev–Trinajstić information content (AvgIpc) is 2.26. The van der Waals surface area contributed by atoms with Crippen LogP contribution in [0.25, 0.3) is 0 Å². The van der Waals surface area contributed by atoms with Crippen LogP contribution in [-0.2, 0) is 0 Å². The van der Waals surface area contributed by atoms with Crippen LogP contribution in [0, 0.1) is 5.82 Å². The van der Waals surface area contributed by atoms with Crippen LogP contribution in [0.1, 0.15) is 18.5 Å². The van der Waals surface area contributed by atoms with Gasteiger partial charge < -0.3 is 15.7 Å². The molecule has 1 aromatic rings. The van der Waals surface area contributed by atoms with E-state index in [9.17, 15) is 17.6 Å². The smallest absolute Gasteiger partial charge is 0.395 e. The number of anilines is 1. The average molecular weight is 280 g/mol. The van der Waals surface area contributed by atoms with E-state index in [-0.39, 0.29) is 17.8 Å². The molecule has 0 spiro atoms. The van der Waals surface area contributed by atoms with E-state index in [0.717, 1.165) is 17.0 Å². The molecule has 1 aromatic carbocycles. The third kappa shape index (κ3) is 4.68. The second-order valence-electron chi connectivity index (χ2n) is 4.25. The van der Waals surface area contributed by atoms with Gasteiger partial charge in [0.15, 0.2) is 0 Å². The second-order valence-corrected chi connectivity index (χ2v) is 4.25. The topological polar surface area (TPSA) is 49.5 Å². The lowest BCUT2D eigenvalue weighted by Gasteiger charge is -2.28. The van der Waals surface area contributed by atoms with E-state index >= 15 is 0 Å². The number of benzene rings is 1. The van der Waals surface area contributed by atoms with Gasteiger partial charge in [0.1, 0.15) is 12.4 Å². The number of hydrogen-bond acceptors (Lipinski definition) is 3. The van der Waals surface area contributed by atoms with E-state index in [0.29, 0.717) is 0 Å². The zero-order valence-corrected chi connectivity index (χ0v) is 10.4. The molecule has 3 nitrogen and oxygen atoms in total. The molecule has 0 fully saturated rings. The highest BCUT2D eigenvalue weighted by Gasteiger charge is 2.31. The number of rotatable bonds is 5. The first-order valence-corrected chi connectivity index (χ1v) is 5.72. The van der Waals surface area contributed by atoms with E-state index < -0.39 is 31.2 Å². The Hall–Kier alpha value is -1.34. The Morgan fingerprint density at radius 1 is 1.37 bits per heavy atom. The number of aliphatic hydroxyl groups is 1. The summed E-state index contributed by atoms with van der Waals surface area (Å²) in [5.41, 5.74) is 6.10. The van der Waals surface area contributed by atoms with Crippen molar-refractivity contribution in [2.75, 3.05) is 24.6 Å². The zero-order chi connectivity index (χ0) is 14.6. The number of aliphatic hydroxyl groups excluding tert-OH is 1. The molecule has 0 saturated heterocycles. The van der Waals surface area contributed by atoms with Crippen LogP contribution in [0.15, 0.2) is 18.2 Å². The number of halogens is 4. The van der Waals surface area contributed by atoms with Crippen LogP contribution < -0.4 is 10.6 Å². The lowest BCUT2D eigenvalue weighted by atomic mass is 10.1. The Morgan fingerprint density at radius 2 is 2.00 bits per heavy atom. The highest BCUT2D eigenvalue weighted by molar-refractivity contribution is 5.55. The Balaban J connectivity index is 3.14. The molecule has 0 aromatic heterocycles. The second kappa shape index (κ2) is 6.21. The van der Waals surface area contributed by atoms with E-state index in [2.05, 4.69) is 0 Å². The van der Waals surface area contributed by atoms with Crippen molar-refractivity contribution in [2.24, 2.45) is 5.73 Å². The number of hydrogen-bond donors (Lipinski definition) is 2. The number of nitrogens with zero attached hydrogens (tertiary/aromatic N) is 1. The van der Waals surface area contributed by atoms with Crippen molar-refractivity contribution in [3.05, 3.63) is 29.6 Å². The van der Waals surface area contributed by atoms with Gasteiger partial charge >= 0.3 is 6.18 Å². The third-order valence-electron chi connectivity index (χ3n) is 2.56. The van der Waals surface area contributed by atoms with E-state index in [1.165, 1.54) is 6.07 Å². The predicted octanol–water partition coefficient (Wildman–Crippen LogP) is 2.21. The van der Waals surface area contributed by atoms with E-state index in [1.807, 2.05) is 0 Å². The zero-order valence-electron chi connectivity index (χ0n) is 10.4. The molecule has 19 heavy (non-hydrogen) atoms. The third-order valence-corrected chi connectivity index (χ3v) is 2.56. The lowest BCUT2D eigenvalue weighted by Crippen LogP contribution is -2.37. The van der Waals surface area contributed by atoms with Crippen LogP contribution >= 0.6 is 0 Å². The maximum Gasteiger partial charge on any atom is 0.405 e. The highest BCUT2D eigenvalue weighted by Crippen LogP contribution is 2.29. The first kappa shape index (κ1) is 15.7. The molecule has 7 heteroatoms. The van der Waals surface area contributed by atoms with Crippen molar-refractivity contribution >= 4 is 5.69 Å². The Bertz CT molecular complexity index is 421. The lowest BCUT2D eigenvalue weighted by molar-refractivity contribution is -0.119. The van der Waals surface area contributed by atoms with Crippen LogP contribution in [0.4, 0.5) is 23.2 Å². The molecule has 0 saturated carbocycles. The fourth-order valence-corrected chi connectivity index (χ4v) is 1.80. The van der Waals surface area contributed by atoms with Gasteiger partial charge in [0.05, 0.1) is 6.61 Å². The minimum atomic E-state index is -4.42. The summed E-state index contributed by atoms with van der Waals surface area (Å²) in [6, 6.07) is 2.82. The molecular weight excluding hydrogens is 264 g/mol. The van der Waals surface area contributed by atoms with Gasteiger partial charge in [-0.2, -0.15) is 13.2 Å². The maximum atomic E-state index is 13.1. The van der Waals surface area contributed by atoms with Gasteiger partial charge in [-0.1, -0.05) is 0 Å². The minimum absolute atomic E-state index is 0.183. The molecule has 0 amide bonds. The van der Waals surface area contributed by atoms with Crippen molar-refractivity contribution in [3.63, 3.8) is 0 Å². The summed E-state index contributed by atoms with van der Waals surface area (Å²) in [4.78, 5) is 0.943. The summed E-state index contributed by atoms with van der Waals surface area (Å²) in [6.07, 6.45) is -4.42. The van der Waals surface area contributed by atoms with Gasteiger partial charge in [-0.05, 0) is 30.7 Å². The van der Waals surface area contributed by atoms with Gasteiger partial charge in [0.2, 0.25) is 0 Å². The van der Waals surface area contributed by atoms with Gasteiger partial charge in [-0.3, -0.25) is 0 Å². The van der Waals surface area contributed by atoms with Crippen molar-refractivity contribution in [1.29, 1.82) is 0 Å². The quantitative estimate of drug-likeness (QED) is 0.813. The standard InChI is InChI=1S/C12H16F4N2O/c1-8(17)10-6-9(13)2-3-11(10)18(4-5-19)7-12(14,15)16/h2-3,6,8,19H,4-5,7,17H2,1H3/t8-/m1/s1. The predicted molar refractivity (Wildman–Crippen MR) is 64.4 cm³/mol. The summed E-state index contributed by atoms with van der Waals surface area (Å²) >= 11 is 0. The molecule has 0 radical (unpaired) electrons. The van der Waals surface area contributed by atoms with Crippen LogP contribution in [0.5, 0.6) is 0 Å². The molecule has 0 aliphatic carbocycles. The normalized spacial score (nSPS) is 13.4. The highest BCUT2D eigenvalue weighted by atomic mass is 19.4. The first-order chi connectivity index (χ1) is 8.74. The van der Waals surface area contributed by atoms with Crippen LogP contribution in [0.2, 0.25) is 0 Å². The van der Waals surface area contributed by atoms with Crippen LogP contribution in [-0.4, -0.2) is 31.0 Å². The van der Waals surface area contributed by atoms with Crippen molar-refractivity contribution in [3.8, 4) is 0 Å². The summed E-state index contributed by atoms with van der Waals surface area (Å²) < 4.78 is 50.6.